The van der Waals surface area contributed by atoms with E-state index in [-0.39, 0.29) is 30.0 Å². The maximum atomic E-state index is 13.1. The van der Waals surface area contributed by atoms with Gasteiger partial charge in [0.05, 0.1) is 35.4 Å². The number of carbonyl (C=O) groups is 2. The zero-order valence-corrected chi connectivity index (χ0v) is 22.1. The lowest BCUT2D eigenvalue weighted by atomic mass is 9.93. The summed E-state index contributed by atoms with van der Waals surface area (Å²) in [6.07, 6.45) is 0.801. The van der Waals surface area contributed by atoms with Gasteiger partial charge in [0.25, 0.3) is 11.8 Å². The Morgan fingerprint density at radius 1 is 1.00 bits per heavy atom. The highest BCUT2D eigenvalue weighted by molar-refractivity contribution is 6.36. The summed E-state index contributed by atoms with van der Waals surface area (Å²) >= 11 is 6.50. The third-order valence-corrected chi connectivity index (χ3v) is 7.50. The number of nitrogens with one attached hydrogen (secondary N) is 1. The van der Waals surface area contributed by atoms with Crippen molar-refractivity contribution in [2.24, 2.45) is 0 Å². The Morgan fingerprint density at radius 2 is 1.74 bits per heavy atom. The van der Waals surface area contributed by atoms with Crippen molar-refractivity contribution in [2.75, 3.05) is 32.8 Å². The van der Waals surface area contributed by atoms with Gasteiger partial charge in [0, 0.05) is 40.5 Å². The molecule has 2 amide bonds. The molecule has 9 heteroatoms. The average molecular weight is 536 g/mol. The number of fused-ring (bicyclic) bond motifs is 5. The highest BCUT2D eigenvalue weighted by Gasteiger charge is 2.35. The molecular formula is C29H30ClN3O5. The monoisotopic (exact) mass is 535 g/mol. The number of benzene rings is 3. The first-order valence-electron chi connectivity index (χ1n) is 12.8. The van der Waals surface area contributed by atoms with E-state index in [2.05, 4.69) is 24.1 Å². The molecule has 198 valence electrons. The molecule has 0 bridgehead atoms. The van der Waals surface area contributed by atoms with Crippen LogP contribution >= 0.6 is 11.6 Å². The molecule has 3 N–H and O–H groups in total. The molecule has 1 aliphatic heterocycles. The summed E-state index contributed by atoms with van der Waals surface area (Å²) in [6, 6.07) is 12.3. The van der Waals surface area contributed by atoms with Crippen molar-refractivity contribution in [3.05, 3.63) is 58.6 Å². The summed E-state index contributed by atoms with van der Waals surface area (Å²) in [4.78, 5) is 28.3. The third kappa shape index (κ3) is 4.38. The van der Waals surface area contributed by atoms with Crippen molar-refractivity contribution in [2.45, 2.75) is 26.8 Å². The molecule has 0 fully saturated rings. The van der Waals surface area contributed by atoms with Crippen LogP contribution in [-0.4, -0.2) is 64.3 Å². The number of halogens is 1. The van der Waals surface area contributed by atoms with Gasteiger partial charge in [-0.3, -0.25) is 14.9 Å². The van der Waals surface area contributed by atoms with Crippen LogP contribution in [0.2, 0.25) is 5.02 Å². The van der Waals surface area contributed by atoms with Crippen molar-refractivity contribution in [3.8, 4) is 22.6 Å². The number of aromatic nitrogens is 1. The molecule has 0 saturated heterocycles. The lowest BCUT2D eigenvalue weighted by molar-refractivity contribution is 0.0880. The molecule has 0 aliphatic carbocycles. The third-order valence-electron chi connectivity index (χ3n) is 7.17. The van der Waals surface area contributed by atoms with E-state index in [4.69, 9.17) is 16.3 Å². The van der Waals surface area contributed by atoms with Crippen LogP contribution in [-0.2, 0) is 6.54 Å². The number of hydrogen-bond acceptors (Lipinski definition) is 6. The second kappa shape index (κ2) is 10.6. The number of phenols is 1. The van der Waals surface area contributed by atoms with Crippen molar-refractivity contribution in [1.29, 1.82) is 0 Å². The zero-order chi connectivity index (χ0) is 27.0. The van der Waals surface area contributed by atoms with E-state index in [0.717, 1.165) is 26.1 Å². The second-order valence-corrected chi connectivity index (χ2v) is 9.68. The minimum Gasteiger partial charge on any atom is -0.504 e. The first kappa shape index (κ1) is 26.0. The van der Waals surface area contributed by atoms with Crippen molar-refractivity contribution >= 4 is 45.2 Å². The van der Waals surface area contributed by atoms with E-state index < -0.39 is 11.8 Å². The van der Waals surface area contributed by atoms with Gasteiger partial charge < -0.3 is 24.4 Å². The van der Waals surface area contributed by atoms with Gasteiger partial charge in [0.1, 0.15) is 0 Å². The standard InChI is InChI=1S/C29H30ClN3O5/c1-3-32(4-2)10-7-13-38-24-16-21-19(15-23(24)35)25-22(33(21)11-12-34)14-18(17-8-5-6-9-20(17)30)26-27(25)29(37)31-28(26)36/h5-6,8-9,14-16,34-35H,3-4,7,10-13H2,1-2H3,(H,31,36,37). The number of aliphatic hydroxyl groups is 1. The fraction of sp³-hybridized carbons (Fsp3) is 0.310. The highest BCUT2D eigenvalue weighted by atomic mass is 35.5. The Morgan fingerprint density at radius 3 is 2.45 bits per heavy atom. The molecule has 0 atom stereocenters. The molecule has 0 spiro atoms. The van der Waals surface area contributed by atoms with Crippen molar-refractivity contribution < 1.29 is 24.5 Å². The molecule has 38 heavy (non-hydrogen) atoms. The van der Waals surface area contributed by atoms with E-state index in [1.807, 2.05) is 16.7 Å². The van der Waals surface area contributed by atoms with Crippen LogP contribution in [0, 0.1) is 0 Å². The van der Waals surface area contributed by atoms with Gasteiger partial charge in [-0.15, -0.1) is 0 Å². The molecular weight excluding hydrogens is 506 g/mol. The highest BCUT2D eigenvalue weighted by Crippen LogP contribution is 2.44. The smallest absolute Gasteiger partial charge is 0.259 e. The number of phenolic OH excluding ortho intramolecular Hbond substituents is 1. The lowest BCUT2D eigenvalue weighted by Gasteiger charge is -2.18. The van der Waals surface area contributed by atoms with Gasteiger partial charge in [-0.25, -0.2) is 0 Å². The van der Waals surface area contributed by atoms with E-state index in [9.17, 15) is 19.8 Å². The number of rotatable bonds is 10. The van der Waals surface area contributed by atoms with Gasteiger partial charge in [-0.05, 0) is 43.3 Å². The molecule has 1 aromatic heterocycles. The van der Waals surface area contributed by atoms with Crippen LogP contribution in [0.25, 0.3) is 32.9 Å². The van der Waals surface area contributed by atoms with E-state index in [1.165, 1.54) is 0 Å². The molecule has 0 radical (unpaired) electrons. The number of hydrogen-bond donors (Lipinski definition) is 3. The number of ether oxygens (including phenoxy) is 1. The predicted molar refractivity (Wildman–Crippen MR) is 148 cm³/mol. The minimum absolute atomic E-state index is 0.0583. The molecule has 1 aliphatic rings. The quantitative estimate of drug-likeness (QED) is 0.199. The first-order chi connectivity index (χ1) is 18.4. The van der Waals surface area contributed by atoms with Gasteiger partial charge in [-0.2, -0.15) is 0 Å². The summed E-state index contributed by atoms with van der Waals surface area (Å²) in [6.45, 7) is 7.57. The Bertz CT molecular complexity index is 1560. The van der Waals surface area contributed by atoms with Crippen LogP contribution in [0.5, 0.6) is 11.5 Å². The molecule has 0 unspecified atom stereocenters. The Hall–Kier alpha value is -3.59. The van der Waals surface area contributed by atoms with Gasteiger partial charge in [0.2, 0.25) is 0 Å². The van der Waals surface area contributed by atoms with Crippen LogP contribution in [0.4, 0.5) is 0 Å². The summed E-state index contributed by atoms with van der Waals surface area (Å²) in [7, 11) is 0. The van der Waals surface area contributed by atoms with Crippen molar-refractivity contribution in [1.82, 2.24) is 14.8 Å². The number of carbonyl (C=O) groups excluding carboxylic acids is 2. The minimum atomic E-state index is -0.511. The normalized spacial score (nSPS) is 13.1. The summed E-state index contributed by atoms with van der Waals surface area (Å²) in [5.41, 5.74) is 2.95. The number of aliphatic hydroxyl groups excluding tert-OH is 1. The number of aromatic hydroxyl groups is 1. The summed E-state index contributed by atoms with van der Waals surface area (Å²) < 4.78 is 7.83. The van der Waals surface area contributed by atoms with Crippen molar-refractivity contribution in [3.63, 3.8) is 0 Å². The molecule has 4 aromatic rings. The van der Waals surface area contributed by atoms with Gasteiger partial charge >= 0.3 is 0 Å². The molecule has 5 rings (SSSR count). The van der Waals surface area contributed by atoms with Gasteiger partial charge in [0.15, 0.2) is 11.5 Å². The summed E-state index contributed by atoms with van der Waals surface area (Å²) in [5, 5.41) is 24.8. The second-order valence-electron chi connectivity index (χ2n) is 9.27. The van der Waals surface area contributed by atoms with E-state index in [1.54, 1.807) is 30.3 Å². The van der Waals surface area contributed by atoms with Gasteiger partial charge in [-0.1, -0.05) is 43.6 Å². The number of amides is 2. The first-order valence-corrected chi connectivity index (χ1v) is 13.2. The number of imide groups is 1. The topological polar surface area (TPSA) is 104 Å². The molecule has 8 nitrogen and oxygen atoms in total. The largest absolute Gasteiger partial charge is 0.504 e. The van der Waals surface area contributed by atoms with E-state index in [0.29, 0.717) is 50.3 Å². The lowest BCUT2D eigenvalue weighted by Crippen LogP contribution is -2.25. The van der Waals surface area contributed by atoms with Crippen LogP contribution < -0.4 is 10.1 Å². The predicted octanol–water partition coefficient (Wildman–Crippen LogP) is 4.81. The van der Waals surface area contributed by atoms with Crippen LogP contribution in [0.15, 0.2) is 42.5 Å². The SMILES string of the molecule is CCN(CC)CCCOc1cc2c(cc1O)c1c3c(c(-c4ccccc4Cl)cc1n2CCO)C(=O)NC3=O. The maximum Gasteiger partial charge on any atom is 0.259 e. The van der Waals surface area contributed by atoms with Crippen LogP contribution in [0.1, 0.15) is 41.0 Å². The Kier molecular flexibility index (Phi) is 7.29. The fourth-order valence-electron chi connectivity index (χ4n) is 5.32. The molecule has 2 heterocycles. The number of nitrogens with zero attached hydrogens (tertiary/aromatic N) is 2. The van der Waals surface area contributed by atoms with E-state index >= 15 is 0 Å². The molecule has 0 saturated carbocycles. The Labute approximate surface area is 225 Å². The van der Waals surface area contributed by atoms with Crippen LogP contribution in [0.3, 0.4) is 0 Å². The summed E-state index contributed by atoms with van der Waals surface area (Å²) in [5.74, 6) is -0.745. The zero-order valence-electron chi connectivity index (χ0n) is 21.4. The maximum absolute atomic E-state index is 13.1. The average Bonchev–Trinajstić information content (AvgIpc) is 3.37. The fourth-order valence-corrected chi connectivity index (χ4v) is 5.55. The molecule has 3 aromatic carbocycles. The Balaban J connectivity index is 1.69.